The predicted molar refractivity (Wildman–Crippen MR) is 72.6 cm³/mol. The minimum Gasteiger partial charge on any atom is -0.385 e. The monoisotopic (exact) mass is 286 g/mol. The molecule has 1 saturated carbocycles. The highest BCUT2D eigenvalue weighted by molar-refractivity contribution is 5.27. The number of rotatable bonds is 4. The van der Waals surface area contributed by atoms with Crippen molar-refractivity contribution in [1.82, 2.24) is 0 Å². The number of ether oxygens (including phenoxy) is 1. The van der Waals surface area contributed by atoms with Crippen LogP contribution in [0, 0.1) is 5.92 Å². The zero-order valence-electron chi connectivity index (χ0n) is 11.7. The van der Waals surface area contributed by atoms with E-state index in [0.29, 0.717) is 11.8 Å². The first-order chi connectivity index (χ1) is 9.50. The van der Waals surface area contributed by atoms with E-state index in [-0.39, 0.29) is 0 Å². The van der Waals surface area contributed by atoms with Crippen LogP contribution in [-0.4, -0.2) is 13.7 Å². The first-order valence-corrected chi connectivity index (χ1v) is 7.17. The molecule has 1 aromatic rings. The van der Waals surface area contributed by atoms with Gasteiger partial charge in [0, 0.05) is 13.7 Å². The highest BCUT2D eigenvalue weighted by atomic mass is 19.4. The zero-order chi connectivity index (χ0) is 14.6. The van der Waals surface area contributed by atoms with E-state index in [1.54, 1.807) is 19.2 Å². The Morgan fingerprint density at radius 3 is 2.15 bits per heavy atom. The Balaban J connectivity index is 1.90. The molecular formula is C16H21F3O. The van der Waals surface area contributed by atoms with Crippen LogP contribution >= 0.6 is 0 Å². The van der Waals surface area contributed by atoms with Crippen LogP contribution in [0.3, 0.4) is 0 Å². The number of methoxy groups -OCH3 is 1. The average molecular weight is 286 g/mol. The van der Waals surface area contributed by atoms with Crippen molar-refractivity contribution in [3.05, 3.63) is 35.4 Å². The topological polar surface area (TPSA) is 9.23 Å². The fraction of sp³-hybridized carbons (Fsp3) is 0.625. The summed E-state index contributed by atoms with van der Waals surface area (Å²) in [4.78, 5) is 0. The van der Waals surface area contributed by atoms with Gasteiger partial charge in [0.2, 0.25) is 0 Å². The lowest BCUT2D eigenvalue weighted by molar-refractivity contribution is -0.137. The van der Waals surface area contributed by atoms with Gasteiger partial charge < -0.3 is 4.74 Å². The summed E-state index contributed by atoms with van der Waals surface area (Å²) >= 11 is 0. The Kier molecular flexibility index (Phi) is 5.08. The van der Waals surface area contributed by atoms with Crippen molar-refractivity contribution in [3.63, 3.8) is 0 Å². The molecule has 112 valence electrons. The molecule has 0 aliphatic heterocycles. The molecular weight excluding hydrogens is 265 g/mol. The van der Waals surface area contributed by atoms with Crippen LogP contribution in [0.5, 0.6) is 0 Å². The van der Waals surface area contributed by atoms with E-state index in [0.717, 1.165) is 44.3 Å². The SMILES string of the molecule is COCCC1CCC(c2ccc(C(F)(F)F)cc2)CC1. The Bertz CT molecular complexity index is 403. The molecule has 2 rings (SSSR count). The van der Waals surface area contributed by atoms with Gasteiger partial charge in [-0.1, -0.05) is 12.1 Å². The standard InChI is InChI=1S/C16H21F3O/c1-20-11-10-12-2-4-13(5-3-12)14-6-8-15(9-7-14)16(17,18)19/h6-9,12-13H,2-5,10-11H2,1H3. The summed E-state index contributed by atoms with van der Waals surface area (Å²) < 4.78 is 42.7. The van der Waals surface area contributed by atoms with Crippen LogP contribution in [0.1, 0.15) is 49.1 Å². The zero-order valence-corrected chi connectivity index (χ0v) is 11.7. The second-order valence-corrected chi connectivity index (χ2v) is 5.62. The van der Waals surface area contributed by atoms with Crippen LogP contribution in [0.2, 0.25) is 0 Å². The van der Waals surface area contributed by atoms with Crippen LogP contribution in [0.15, 0.2) is 24.3 Å². The third-order valence-corrected chi connectivity index (χ3v) is 4.29. The summed E-state index contributed by atoms with van der Waals surface area (Å²) in [6.45, 7) is 0.801. The summed E-state index contributed by atoms with van der Waals surface area (Å²) in [5, 5.41) is 0. The minimum absolute atomic E-state index is 0.413. The van der Waals surface area contributed by atoms with Crippen LogP contribution in [0.25, 0.3) is 0 Å². The van der Waals surface area contributed by atoms with Crippen molar-refractivity contribution < 1.29 is 17.9 Å². The van der Waals surface area contributed by atoms with Crippen molar-refractivity contribution in [2.45, 2.75) is 44.2 Å². The average Bonchev–Trinajstić information content (AvgIpc) is 2.45. The maximum absolute atomic E-state index is 12.5. The van der Waals surface area contributed by atoms with E-state index in [1.807, 2.05) is 0 Å². The third-order valence-electron chi connectivity index (χ3n) is 4.29. The summed E-state index contributed by atoms with van der Waals surface area (Å²) in [5.41, 5.74) is 0.484. The molecule has 1 aliphatic carbocycles. The molecule has 0 bridgehead atoms. The largest absolute Gasteiger partial charge is 0.416 e. The Hall–Kier alpha value is -1.03. The first-order valence-electron chi connectivity index (χ1n) is 7.17. The number of benzene rings is 1. The van der Waals surface area contributed by atoms with E-state index in [9.17, 15) is 13.2 Å². The quantitative estimate of drug-likeness (QED) is 0.755. The fourth-order valence-electron chi connectivity index (χ4n) is 3.01. The summed E-state index contributed by atoms with van der Waals surface area (Å²) in [6.07, 6.45) is 1.29. The van der Waals surface area contributed by atoms with E-state index in [1.165, 1.54) is 12.1 Å². The van der Waals surface area contributed by atoms with E-state index < -0.39 is 11.7 Å². The predicted octanol–water partition coefficient (Wildman–Crippen LogP) is 5.02. The molecule has 0 amide bonds. The molecule has 1 aliphatic rings. The first kappa shape index (κ1) is 15.4. The smallest absolute Gasteiger partial charge is 0.385 e. The Morgan fingerprint density at radius 1 is 1.05 bits per heavy atom. The van der Waals surface area contributed by atoms with Gasteiger partial charge in [-0.25, -0.2) is 0 Å². The number of hydrogen-bond acceptors (Lipinski definition) is 1. The molecule has 1 nitrogen and oxygen atoms in total. The molecule has 0 N–H and O–H groups in total. The van der Waals surface area contributed by atoms with Gasteiger partial charge >= 0.3 is 6.18 Å². The van der Waals surface area contributed by atoms with Crippen molar-refractivity contribution in [3.8, 4) is 0 Å². The lowest BCUT2D eigenvalue weighted by atomic mass is 9.77. The molecule has 0 atom stereocenters. The normalized spacial score (nSPS) is 23.8. The van der Waals surface area contributed by atoms with E-state index in [4.69, 9.17) is 4.74 Å². The van der Waals surface area contributed by atoms with Crippen molar-refractivity contribution in [1.29, 1.82) is 0 Å². The van der Waals surface area contributed by atoms with Gasteiger partial charge in [0.1, 0.15) is 0 Å². The molecule has 4 heteroatoms. The van der Waals surface area contributed by atoms with E-state index >= 15 is 0 Å². The molecule has 0 spiro atoms. The summed E-state index contributed by atoms with van der Waals surface area (Å²) in [6, 6.07) is 5.69. The lowest BCUT2D eigenvalue weighted by Gasteiger charge is -2.28. The molecule has 1 aromatic carbocycles. The van der Waals surface area contributed by atoms with Crippen molar-refractivity contribution in [2.24, 2.45) is 5.92 Å². The van der Waals surface area contributed by atoms with Gasteiger partial charge in [-0.3, -0.25) is 0 Å². The maximum Gasteiger partial charge on any atom is 0.416 e. The Morgan fingerprint density at radius 2 is 1.65 bits per heavy atom. The van der Waals surface area contributed by atoms with Gasteiger partial charge in [0.05, 0.1) is 5.56 Å². The highest BCUT2D eigenvalue weighted by Gasteiger charge is 2.30. The van der Waals surface area contributed by atoms with Crippen LogP contribution < -0.4 is 0 Å². The molecule has 0 heterocycles. The van der Waals surface area contributed by atoms with Crippen LogP contribution in [0.4, 0.5) is 13.2 Å². The number of halogens is 3. The van der Waals surface area contributed by atoms with Gasteiger partial charge in [-0.2, -0.15) is 13.2 Å². The second kappa shape index (κ2) is 6.61. The van der Waals surface area contributed by atoms with Crippen LogP contribution in [-0.2, 0) is 10.9 Å². The minimum atomic E-state index is -4.24. The molecule has 0 radical (unpaired) electrons. The Labute approximate surface area is 118 Å². The molecule has 0 saturated heterocycles. The van der Waals surface area contributed by atoms with Gasteiger partial charge in [0.15, 0.2) is 0 Å². The highest BCUT2D eigenvalue weighted by Crippen LogP contribution is 2.38. The van der Waals surface area contributed by atoms with Gasteiger partial charge in [0.25, 0.3) is 0 Å². The third kappa shape index (κ3) is 3.98. The summed E-state index contributed by atoms with van der Waals surface area (Å²) in [5.74, 6) is 1.12. The van der Waals surface area contributed by atoms with Gasteiger partial charge in [-0.15, -0.1) is 0 Å². The maximum atomic E-state index is 12.5. The van der Waals surface area contributed by atoms with E-state index in [2.05, 4.69) is 0 Å². The number of hydrogen-bond donors (Lipinski definition) is 0. The number of alkyl halides is 3. The molecule has 20 heavy (non-hydrogen) atoms. The van der Waals surface area contributed by atoms with Gasteiger partial charge in [-0.05, 0) is 61.6 Å². The fourth-order valence-corrected chi connectivity index (χ4v) is 3.01. The van der Waals surface area contributed by atoms with Crippen molar-refractivity contribution in [2.75, 3.05) is 13.7 Å². The lowest BCUT2D eigenvalue weighted by Crippen LogP contribution is -2.15. The molecule has 0 unspecified atom stereocenters. The van der Waals surface area contributed by atoms with Crippen molar-refractivity contribution >= 4 is 0 Å². The molecule has 0 aromatic heterocycles. The summed E-state index contributed by atoms with van der Waals surface area (Å²) in [7, 11) is 1.72. The molecule has 1 fully saturated rings. The second-order valence-electron chi connectivity index (χ2n) is 5.62.